The van der Waals surface area contributed by atoms with Crippen LogP contribution in [0.2, 0.25) is 0 Å². The first-order valence-corrected chi connectivity index (χ1v) is 6.57. The molecule has 0 aliphatic carbocycles. The van der Waals surface area contributed by atoms with Crippen LogP contribution in [0.15, 0.2) is 54.6 Å². The van der Waals surface area contributed by atoms with E-state index in [0.29, 0.717) is 6.42 Å². The molecule has 3 heteroatoms. The number of carbonyl (C=O) groups excluding carboxylic acids is 1. The van der Waals surface area contributed by atoms with Gasteiger partial charge in [0.2, 0.25) is 0 Å². The van der Waals surface area contributed by atoms with Crippen LogP contribution in [-0.4, -0.2) is 10.8 Å². The maximum absolute atomic E-state index is 12.1. The molecule has 0 spiro atoms. The number of rotatable bonds is 3. The van der Waals surface area contributed by atoms with Crippen LogP contribution < -0.4 is 0 Å². The minimum Gasteiger partial charge on any atom is -0.294 e. The maximum atomic E-state index is 12.1. The summed E-state index contributed by atoms with van der Waals surface area (Å²) in [6.07, 6.45) is 0.378. The molecular formula is C15H11NOS. The zero-order valence-electron chi connectivity index (χ0n) is 9.67. The fourth-order valence-corrected chi connectivity index (χ4v) is 2.82. The largest absolute Gasteiger partial charge is 0.294 e. The van der Waals surface area contributed by atoms with Crippen molar-refractivity contribution in [2.45, 2.75) is 6.42 Å². The lowest BCUT2D eigenvalue weighted by atomic mass is 10.1. The Kier molecular flexibility index (Phi) is 2.90. The molecule has 0 unspecified atom stereocenters. The Hall–Kier alpha value is -2.00. The molecule has 0 saturated carbocycles. The molecule has 0 saturated heterocycles. The summed E-state index contributed by atoms with van der Waals surface area (Å²) >= 11 is 1.59. The van der Waals surface area contributed by atoms with Gasteiger partial charge in [0, 0.05) is 5.56 Å². The van der Waals surface area contributed by atoms with Crippen LogP contribution in [0, 0.1) is 0 Å². The highest BCUT2D eigenvalue weighted by Gasteiger charge is 2.10. The van der Waals surface area contributed by atoms with Crippen molar-refractivity contribution in [2.24, 2.45) is 0 Å². The number of fused-ring (bicyclic) bond motifs is 1. The Bertz CT molecular complexity index is 655. The van der Waals surface area contributed by atoms with Gasteiger partial charge >= 0.3 is 0 Å². The fraction of sp³-hybridized carbons (Fsp3) is 0.0667. The minimum absolute atomic E-state index is 0.120. The van der Waals surface area contributed by atoms with Crippen LogP contribution in [0.5, 0.6) is 0 Å². The predicted octanol–water partition coefficient (Wildman–Crippen LogP) is 3.72. The van der Waals surface area contributed by atoms with Crippen molar-refractivity contribution >= 4 is 27.3 Å². The number of thiazole rings is 1. The molecule has 88 valence electrons. The highest BCUT2D eigenvalue weighted by atomic mass is 32.1. The lowest BCUT2D eigenvalue weighted by Crippen LogP contribution is -2.02. The van der Waals surface area contributed by atoms with Crippen molar-refractivity contribution < 1.29 is 4.79 Å². The molecule has 1 aromatic heterocycles. The zero-order valence-corrected chi connectivity index (χ0v) is 10.5. The summed E-state index contributed by atoms with van der Waals surface area (Å²) in [5, 5.41) is 0.880. The van der Waals surface area contributed by atoms with E-state index in [-0.39, 0.29) is 5.78 Å². The normalized spacial score (nSPS) is 10.7. The summed E-state index contributed by atoms with van der Waals surface area (Å²) < 4.78 is 1.13. The summed E-state index contributed by atoms with van der Waals surface area (Å²) in [7, 11) is 0. The second-order valence-electron chi connectivity index (χ2n) is 4.04. The molecule has 0 aliphatic heterocycles. The summed E-state index contributed by atoms with van der Waals surface area (Å²) in [4.78, 5) is 16.5. The number of ketones is 1. The van der Waals surface area contributed by atoms with Crippen molar-refractivity contribution in [1.82, 2.24) is 4.98 Å². The highest BCUT2D eigenvalue weighted by molar-refractivity contribution is 7.18. The predicted molar refractivity (Wildman–Crippen MR) is 74.1 cm³/mol. The van der Waals surface area contributed by atoms with E-state index in [9.17, 15) is 4.79 Å². The average molecular weight is 253 g/mol. The average Bonchev–Trinajstić information content (AvgIpc) is 2.82. The Labute approximate surface area is 109 Å². The van der Waals surface area contributed by atoms with E-state index in [1.165, 1.54) is 0 Å². The van der Waals surface area contributed by atoms with E-state index < -0.39 is 0 Å². The smallest absolute Gasteiger partial charge is 0.169 e. The van der Waals surface area contributed by atoms with Gasteiger partial charge in [-0.05, 0) is 12.1 Å². The minimum atomic E-state index is 0.120. The first-order chi connectivity index (χ1) is 8.83. The number of para-hydroxylation sites is 1. The van der Waals surface area contributed by atoms with E-state index in [2.05, 4.69) is 4.98 Å². The molecule has 0 atom stereocenters. The van der Waals surface area contributed by atoms with Crippen molar-refractivity contribution in [2.75, 3.05) is 0 Å². The van der Waals surface area contributed by atoms with E-state index >= 15 is 0 Å². The third-order valence-corrected chi connectivity index (χ3v) is 3.78. The van der Waals surface area contributed by atoms with Gasteiger partial charge in [0.15, 0.2) is 5.78 Å². The molecule has 0 radical (unpaired) electrons. The molecule has 3 aromatic rings. The first-order valence-electron chi connectivity index (χ1n) is 5.75. The fourth-order valence-electron chi connectivity index (χ4n) is 1.86. The Morgan fingerprint density at radius 3 is 2.50 bits per heavy atom. The van der Waals surface area contributed by atoms with Crippen LogP contribution >= 0.6 is 11.3 Å². The molecular weight excluding hydrogens is 242 g/mol. The third kappa shape index (κ3) is 2.17. The summed E-state index contributed by atoms with van der Waals surface area (Å²) in [5.41, 5.74) is 1.72. The van der Waals surface area contributed by atoms with Crippen molar-refractivity contribution in [1.29, 1.82) is 0 Å². The van der Waals surface area contributed by atoms with Gasteiger partial charge < -0.3 is 0 Å². The number of aromatic nitrogens is 1. The lowest BCUT2D eigenvalue weighted by Gasteiger charge is -1.97. The summed E-state index contributed by atoms with van der Waals surface area (Å²) in [5.74, 6) is 0.120. The molecule has 2 nitrogen and oxygen atoms in total. The van der Waals surface area contributed by atoms with Crippen molar-refractivity contribution in [3.63, 3.8) is 0 Å². The van der Waals surface area contributed by atoms with E-state index in [0.717, 1.165) is 20.8 Å². The monoisotopic (exact) mass is 253 g/mol. The molecule has 0 fully saturated rings. The van der Waals surface area contributed by atoms with Crippen molar-refractivity contribution in [3.05, 3.63) is 65.2 Å². The van der Waals surface area contributed by atoms with Gasteiger partial charge in [-0.1, -0.05) is 42.5 Å². The first kappa shape index (κ1) is 11.1. The second kappa shape index (κ2) is 4.70. The zero-order chi connectivity index (χ0) is 12.4. The quantitative estimate of drug-likeness (QED) is 0.666. The van der Waals surface area contributed by atoms with Crippen LogP contribution in [0.4, 0.5) is 0 Å². The van der Waals surface area contributed by atoms with Gasteiger partial charge in [-0.2, -0.15) is 0 Å². The number of hydrogen-bond donors (Lipinski definition) is 0. The molecule has 1 heterocycles. The number of carbonyl (C=O) groups is 1. The molecule has 3 rings (SSSR count). The van der Waals surface area contributed by atoms with Gasteiger partial charge in [0.1, 0.15) is 5.01 Å². The van der Waals surface area contributed by atoms with E-state index in [1.807, 2.05) is 54.6 Å². The van der Waals surface area contributed by atoms with E-state index in [4.69, 9.17) is 0 Å². The molecule has 0 amide bonds. The topological polar surface area (TPSA) is 30.0 Å². The second-order valence-corrected chi connectivity index (χ2v) is 5.16. The van der Waals surface area contributed by atoms with Gasteiger partial charge in [0.25, 0.3) is 0 Å². The van der Waals surface area contributed by atoms with Crippen LogP contribution in [0.25, 0.3) is 10.2 Å². The standard InChI is InChI=1S/C15H11NOS/c17-13(11-6-2-1-3-7-11)10-15-16-12-8-4-5-9-14(12)18-15/h1-9H,10H2. The molecule has 18 heavy (non-hydrogen) atoms. The SMILES string of the molecule is O=C(Cc1nc2ccccc2s1)c1ccccc1. The lowest BCUT2D eigenvalue weighted by molar-refractivity contribution is 0.0993. The third-order valence-electron chi connectivity index (χ3n) is 2.75. The summed E-state index contributed by atoms with van der Waals surface area (Å²) in [6, 6.07) is 17.3. The van der Waals surface area contributed by atoms with Crippen molar-refractivity contribution in [3.8, 4) is 0 Å². The van der Waals surface area contributed by atoms with Gasteiger partial charge in [-0.25, -0.2) is 4.98 Å². The van der Waals surface area contributed by atoms with Gasteiger partial charge in [0.05, 0.1) is 16.6 Å². The molecule has 2 aromatic carbocycles. The summed E-state index contributed by atoms with van der Waals surface area (Å²) in [6.45, 7) is 0. The van der Waals surface area contributed by atoms with Gasteiger partial charge in [-0.3, -0.25) is 4.79 Å². The highest BCUT2D eigenvalue weighted by Crippen LogP contribution is 2.22. The number of benzene rings is 2. The number of Topliss-reactive ketones (excluding diaryl/α,β-unsaturated/α-hetero) is 1. The molecule has 0 N–H and O–H groups in total. The van der Waals surface area contributed by atoms with Crippen LogP contribution in [0.3, 0.4) is 0 Å². The number of nitrogens with zero attached hydrogens (tertiary/aromatic N) is 1. The Morgan fingerprint density at radius 1 is 1.00 bits per heavy atom. The number of hydrogen-bond acceptors (Lipinski definition) is 3. The van der Waals surface area contributed by atoms with E-state index in [1.54, 1.807) is 11.3 Å². The Morgan fingerprint density at radius 2 is 1.72 bits per heavy atom. The molecule has 0 bridgehead atoms. The van der Waals surface area contributed by atoms with Crippen LogP contribution in [0.1, 0.15) is 15.4 Å². The Balaban J connectivity index is 1.86. The van der Waals surface area contributed by atoms with Gasteiger partial charge in [-0.15, -0.1) is 11.3 Å². The maximum Gasteiger partial charge on any atom is 0.169 e. The van der Waals surface area contributed by atoms with Crippen LogP contribution in [-0.2, 0) is 6.42 Å². The molecule has 0 aliphatic rings.